The molecule has 0 radical (unpaired) electrons. The maximum atomic E-state index is 13.9. The van der Waals surface area contributed by atoms with E-state index in [1.807, 2.05) is 13.8 Å². The van der Waals surface area contributed by atoms with Gasteiger partial charge in [0.25, 0.3) is 0 Å². The van der Waals surface area contributed by atoms with Crippen molar-refractivity contribution in [3.05, 3.63) is 29.3 Å². The molecular weight excluding hydrogens is 278 g/mol. The molecule has 0 fully saturated rings. The lowest BCUT2D eigenvalue weighted by Gasteiger charge is -2.34. The van der Waals surface area contributed by atoms with Gasteiger partial charge in [0.05, 0.1) is 12.3 Å². The van der Waals surface area contributed by atoms with Gasteiger partial charge in [0.2, 0.25) is 5.91 Å². The zero-order valence-electron chi connectivity index (χ0n) is 12.2. The van der Waals surface area contributed by atoms with E-state index in [9.17, 15) is 18.7 Å². The van der Waals surface area contributed by atoms with Crippen molar-refractivity contribution >= 4 is 11.6 Å². The van der Waals surface area contributed by atoms with Crippen LogP contribution in [0.4, 0.5) is 14.5 Å². The van der Waals surface area contributed by atoms with Gasteiger partial charge in [-0.05, 0) is 18.9 Å². The summed E-state index contributed by atoms with van der Waals surface area (Å²) >= 11 is 0. The Morgan fingerprint density at radius 1 is 1.33 bits per heavy atom. The second-order valence-corrected chi connectivity index (χ2v) is 5.59. The van der Waals surface area contributed by atoms with Crippen LogP contribution >= 0.6 is 0 Å². The summed E-state index contributed by atoms with van der Waals surface area (Å²) in [6, 6.07) is 0.733. The molecule has 0 bridgehead atoms. The zero-order chi connectivity index (χ0) is 15.8. The summed E-state index contributed by atoms with van der Waals surface area (Å²) in [6.45, 7) is 3.91. The van der Waals surface area contributed by atoms with Crippen molar-refractivity contribution in [2.75, 3.05) is 18.1 Å². The molecule has 1 aromatic carbocycles. The van der Waals surface area contributed by atoms with Gasteiger partial charge in [-0.25, -0.2) is 8.78 Å². The minimum absolute atomic E-state index is 0.0282. The average molecular weight is 298 g/mol. The third kappa shape index (κ3) is 2.53. The highest BCUT2D eigenvalue weighted by Gasteiger charge is 2.41. The van der Waals surface area contributed by atoms with E-state index in [2.05, 4.69) is 0 Å². The van der Waals surface area contributed by atoms with Crippen LogP contribution in [0.3, 0.4) is 0 Å². The molecule has 1 aliphatic heterocycles. The fourth-order valence-corrected chi connectivity index (χ4v) is 2.76. The molecule has 2 rings (SSSR count). The molecule has 0 aromatic heterocycles. The molecule has 3 N–H and O–H groups in total. The third-order valence-electron chi connectivity index (χ3n) is 4.54. The molecule has 1 aliphatic rings. The van der Waals surface area contributed by atoms with E-state index in [4.69, 9.17) is 5.73 Å². The van der Waals surface area contributed by atoms with Crippen LogP contribution in [0.5, 0.6) is 0 Å². The van der Waals surface area contributed by atoms with E-state index < -0.39 is 29.0 Å². The molecule has 0 saturated heterocycles. The Balaban J connectivity index is 2.46. The molecule has 0 aliphatic carbocycles. The zero-order valence-corrected chi connectivity index (χ0v) is 12.2. The first-order chi connectivity index (χ1) is 9.89. The van der Waals surface area contributed by atoms with Gasteiger partial charge in [-0.15, -0.1) is 0 Å². The van der Waals surface area contributed by atoms with Crippen LogP contribution in [-0.4, -0.2) is 24.2 Å². The Kier molecular flexibility index (Phi) is 4.30. The van der Waals surface area contributed by atoms with Gasteiger partial charge in [0.15, 0.2) is 0 Å². The predicted octanol–water partition coefficient (Wildman–Crippen LogP) is 2.11. The second-order valence-electron chi connectivity index (χ2n) is 5.59. The first-order valence-corrected chi connectivity index (χ1v) is 7.06. The smallest absolute Gasteiger partial charge is 0.248 e. The molecule has 1 atom stereocenters. The molecule has 0 saturated carbocycles. The van der Waals surface area contributed by atoms with Gasteiger partial charge in [-0.3, -0.25) is 4.79 Å². The lowest BCUT2D eigenvalue weighted by molar-refractivity contribution is -0.119. The normalized spacial score (nSPS) is 18.3. The highest BCUT2D eigenvalue weighted by atomic mass is 19.1. The lowest BCUT2D eigenvalue weighted by atomic mass is 9.82. The number of hydrogen-bond acceptors (Lipinski definition) is 3. The fourth-order valence-electron chi connectivity index (χ4n) is 2.76. The summed E-state index contributed by atoms with van der Waals surface area (Å²) in [4.78, 5) is 13.6. The van der Waals surface area contributed by atoms with Crippen LogP contribution in [-0.2, 0) is 4.79 Å². The van der Waals surface area contributed by atoms with Crippen molar-refractivity contribution in [2.24, 2.45) is 11.1 Å². The average Bonchev–Trinajstić information content (AvgIpc) is 2.69. The SMILES string of the molecule is CCC(CC)(CO)CN1C(=O)C(N)c2c(F)cc(F)cc21. The van der Waals surface area contributed by atoms with Crippen LogP contribution in [0.2, 0.25) is 0 Å². The van der Waals surface area contributed by atoms with E-state index in [0.29, 0.717) is 12.8 Å². The molecule has 21 heavy (non-hydrogen) atoms. The summed E-state index contributed by atoms with van der Waals surface area (Å²) in [6.07, 6.45) is 1.29. The molecule has 0 spiro atoms. The number of aliphatic hydroxyl groups excluding tert-OH is 1. The first-order valence-electron chi connectivity index (χ1n) is 7.06. The topological polar surface area (TPSA) is 66.6 Å². The van der Waals surface area contributed by atoms with Gasteiger partial charge in [0.1, 0.15) is 17.7 Å². The van der Waals surface area contributed by atoms with Gasteiger partial charge < -0.3 is 15.7 Å². The van der Waals surface area contributed by atoms with Crippen molar-refractivity contribution in [1.82, 2.24) is 0 Å². The highest BCUT2D eigenvalue weighted by molar-refractivity contribution is 6.04. The minimum atomic E-state index is -1.12. The summed E-state index contributed by atoms with van der Waals surface area (Å²) in [5, 5.41) is 9.63. The maximum Gasteiger partial charge on any atom is 0.248 e. The van der Waals surface area contributed by atoms with Crippen LogP contribution in [0.15, 0.2) is 12.1 Å². The van der Waals surface area contributed by atoms with E-state index in [-0.39, 0.29) is 24.4 Å². The standard InChI is InChI=1S/C15H20F2N2O2/c1-3-15(4-2,8-20)7-19-11-6-9(16)5-10(17)12(11)13(18)14(19)21/h5-6,13,20H,3-4,7-8,18H2,1-2H3. The number of carbonyl (C=O) groups is 1. The van der Waals surface area contributed by atoms with Crippen LogP contribution < -0.4 is 10.6 Å². The van der Waals surface area contributed by atoms with Gasteiger partial charge in [-0.2, -0.15) is 0 Å². The number of carbonyl (C=O) groups excluding carboxylic acids is 1. The van der Waals surface area contributed by atoms with E-state index in [0.717, 1.165) is 12.1 Å². The molecule has 1 heterocycles. The number of rotatable bonds is 5. The van der Waals surface area contributed by atoms with Gasteiger partial charge in [0, 0.05) is 23.6 Å². The molecule has 4 nitrogen and oxygen atoms in total. The van der Waals surface area contributed by atoms with Crippen molar-refractivity contribution in [1.29, 1.82) is 0 Å². The molecule has 6 heteroatoms. The van der Waals surface area contributed by atoms with E-state index >= 15 is 0 Å². The van der Waals surface area contributed by atoms with E-state index in [1.54, 1.807) is 0 Å². The number of anilines is 1. The Labute approximate surface area is 122 Å². The number of amides is 1. The van der Waals surface area contributed by atoms with Crippen molar-refractivity contribution in [3.8, 4) is 0 Å². The maximum absolute atomic E-state index is 13.9. The quantitative estimate of drug-likeness (QED) is 0.875. The monoisotopic (exact) mass is 298 g/mol. The Morgan fingerprint density at radius 2 is 1.95 bits per heavy atom. The van der Waals surface area contributed by atoms with Crippen LogP contribution in [0, 0.1) is 17.0 Å². The summed E-state index contributed by atoms with van der Waals surface area (Å²) in [7, 11) is 0. The molecular formula is C15H20F2N2O2. The van der Waals surface area contributed by atoms with Gasteiger partial charge >= 0.3 is 0 Å². The van der Waals surface area contributed by atoms with Crippen molar-refractivity contribution in [2.45, 2.75) is 32.7 Å². The van der Waals surface area contributed by atoms with Crippen molar-refractivity contribution < 1.29 is 18.7 Å². The molecule has 116 valence electrons. The predicted molar refractivity (Wildman–Crippen MR) is 75.7 cm³/mol. The number of aliphatic hydroxyl groups is 1. The van der Waals surface area contributed by atoms with Crippen molar-refractivity contribution in [3.63, 3.8) is 0 Å². The lowest BCUT2D eigenvalue weighted by Crippen LogP contribution is -2.42. The number of fused-ring (bicyclic) bond motifs is 1. The Bertz CT molecular complexity index is 551. The highest BCUT2D eigenvalue weighted by Crippen LogP contribution is 2.40. The Hall–Kier alpha value is -1.53. The number of nitrogens with two attached hydrogens (primary N) is 1. The van der Waals surface area contributed by atoms with Crippen LogP contribution in [0.25, 0.3) is 0 Å². The fraction of sp³-hybridized carbons (Fsp3) is 0.533. The number of benzene rings is 1. The minimum Gasteiger partial charge on any atom is -0.396 e. The second kappa shape index (κ2) is 5.69. The first kappa shape index (κ1) is 15.9. The third-order valence-corrected chi connectivity index (χ3v) is 4.54. The van der Waals surface area contributed by atoms with E-state index in [1.165, 1.54) is 4.90 Å². The summed E-state index contributed by atoms with van der Waals surface area (Å²) < 4.78 is 27.3. The van der Waals surface area contributed by atoms with Gasteiger partial charge in [-0.1, -0.05) is 13.8 Å². The molecule has 1 aromatic rings. The molecule has 1 unspecified atom stereocenters. The number of halogens is 2. The molecule has 1 amide bonds. The Morgan fingerprint density at radius 3 is 2.48 bits per heavy atom. The van der Waals surface area contributed by atoms with Crippen LogP contribution in [0.1, 0.15) is 38.3 Å². The number of hydrogen-bond donors (Lipinski definition) is 2. The largest absolute Gasteiger partial charge is 0.396 e. The summed E-state index contributed by atoms with van der Waals surface area (Å²) in [5.41, 5.74) is 5.46. The summed E-state index contributed by atoms with van der Waals surface area (Å²) in [5.74, 6) is -2.02. The number of nitrogens with zero attached hydrogens (tertiary/aromatic N) is 1.